The van der Waals surface area contributed by atoms with E-state index in [0.717, 1.165) is 6.20 Å². The molecular formula is C23H22F2N4O3. The number of hydrogen-bond donors (Lipinski definition) is 2. The van der Waals surface area contributed by atoms with E-state index in [-0.39, 0.29) is 29.9 Å². The molecule has 0 aliphatic heterocycles. The summed E-state index contributed by atoms with van der Waals surface area (Å²) in [5.41, 5.74) is 1.79. The van der Waals surface area contributed by atoms with Crippen LogP contribution < -0.4 is 15.4 Å². The molecule has 0 aliphatic rings. The molecular weight excluding hydrogens is 418 g/mol. The Morgan fingerprint density at radius 1 is 1.03 bits per heavy atom. The number of allylic oxidation sites excluding steroid dienone is 1. The molecule has 166 valence electrons. The smallest absolute Gasteiger partial charge is 0.229 e. The second-order valence-corrected chi connectivity index (χ2v) is 6.81. The zero-order chi connectivity index (χ0) is 23.1. The van der Waals surface area contributed by atoms with E-state index in [9.17, 15) is 13.6 Å². The number of carbonyl (C=O) groups excluding carboxylic acids is 1. The average Bonchev–Trinajstić information content (AvgIpc) is 2.77. The Hall–Kier alpha value is -3.85. The standard InChI is InChI=1S/C23H22F2N4O3/c1-14(2)21(30)15-4-6-16(7-5-15)27-22-19(25)13-26-23(29-22)28-17-8-9-20(18(24)12-17)32-11-10-31-3/h4-9,12-13H,1,10-11H2,2-3H3,(H2,26,27,28,29). The molecule has 9 heteroatoms. The molecule has 2 aromatic carbocycles. The van der Waals surface area contributed by atoms with Gasteiger partial charge in [-0.15, -0.1) is 0 Å². The minimum atomic E-state index is -0.675. The molecule has 0 aliphatic carbocycles. The van der Waals surface area contributed by atoms with Crippen molar-refractivity contribution in [2.45, 2.75) is 6.92 Å². The van der Waals surface area contributed by atoms with Crippen molar-refractivity contribution in [2.24, 2.45) is 0 Å². The van der Waals surface area contributed by atoms with E-state index in [0.29, 0.717) is 29.1 Å². The molecule has 32 heavy (non-hydrogen) atoms. The Bertz CT molecular complexity index is 1120. The van der Waals surface area contributed by atoms with Crippen LogP contribution in [0, 0.1) is 11.6 Å². The summed E-state index contributed by atoms with van der Waals surface area (Å²) in [6, 6.07) is 10.7. The van der Waals surface area contributed by atoms with Crippen LogP contribution in [0.15, 0.2) is 60.8 Å². The van der Waals surface area contributed by atoms with Crippen molar-refractivity contribution >= 4 is 28.9 Å². The van der Waals surface area contributed by atoms with Crippen molar-refractivity contribution in [3.8, 4) is 5.75 Å². The second-order valence-electron chi connectivity index (χ2n) is 6.81. The molecule has 0 unspecified atom stereocenters. The van der Waals surface area contributed by atoms with E-state index in [1.807, 2.05) is 0 Å². The number of rotatable bonds is 10. The van der Waals surface area contributed by atoms with Gasteiger partial charge in [0, 0.05) is 30.1 Å². The Balaban J connectivity index is 1.71. The van der Waals surface area contributed by atoms with Gasteiger partial charge in [-0.25, -0.2) is 13.8 Å². The van der Waals surface area contributed by atoms with Crippen LogP contribution in [0.1, 0.15) is 17.3 Å². The van der Waals surface area contributed by atoms with Gasteiger partial charge in [0.1, 0.15) is 6.61 Å². The molecule has 7 nitrogen and oxygen atoms in total. The van der Waals surface area contributed by atoms with E-state index >= 15 is 0 Å². The fourth-order valence-electron chi connectivity index (χ4n) is 2.66. The van der Waals surface area contributed by atoms with Gasteiger partial charge >= 0.3 is 0 Å². The van der Waals surface area contributed by atoms with Crippen molar-refractivity contribution in [1.82, 2.24) is 9.97 Å². The van der Waals surface area contributed by atoms with E-state index in [2.05, 4.69) is 27.2 Å². The van der Waals surface area contributed by atoms with E-state index in [1.54, 1.807) is 37.3 Å². The Morgan fingerprint density at radius 3 is 2.41 bits per heavy atom. The summed E-state index contributed by atoms with van der Waals surface area (Å²) < 4.78 is 38.5. The van der Waals surface area contributed by atoms with Crippen LogP contribution in [0.4, 0.5) is 31.9 Å². The lowest BCUT2D eigenvalue weighted by Gasteiger charge is -2.11. The molecule has 0 fully saturated rings. The normalized spacial score (nSPS) is 10.5. The molecule has 0 bridgehead atoms. The molecule has 3 rings (SSSR count). The highest BCUT2D eigenvalue weighted by Gasteiger charge is 2.11. The molecule has 3 aromatic rings. The molecule has 2 N–H and O–H groups in total. The van der Waals surface area contributed by atoms with Gasteiger partial charge in [0.2, 0.25) is 5.95 Å². The number of hydrogen-bond acceptors (Lipinski definition) is 7. The van der Waals surface area contributed by atoms with Crippen LogP contribution in [0.2, 0.25) is 0 Å². The first-order valence-corrected chi connectivity index (χ1v) is 9.65. The van der Waals surface area contributed by atoms with Gasteiger partial charge < -0.3 is 20.1 Å². The van der Waals surface area contributed by atoms with E-state index in [4.69, 9.17) is 9.47 Å². The highest BCUT2D eigenvalue weighted by Crippen LogP contribution is 2.24. The topological polar surface area (TPSA) is 85.4 Å². The number of nitrogens with zero attached hydrogens (tertiary/aromatic N) is 2. The summed E-state index contributed by atoms with van der Waals surface area (Å²) >= 11 is 0. The molecule has 0 spiro atoms. The lowest BCUT2D eigenvalue weighted by atomic mass is 10.1. The number of carbonyl (C=O) groups is 1. The zero-order valence-electron chi connectivity index (χ0n) is 17.6. The number of methoxy groups -OCH3 is 1. The van der Waals surface area contributed by atoms with Gasteiger partial charge in [0.05, 0.1) is 12.8 Å². The minimum absolute atomic E-state index is 0.0652. The number of benzene rings is 2. The van der Waals surface area contributed by atoms with E-state index in [1.165, 1.54) is 19.2 Å². The number of ether oxygens (including phenoxy) is 2. The fraction of sp³-hybridized carbons (Fsp3) is 0.174. The van der Waals surface area contributed by atoms with Crippen molar-refractivity contribution in [2.75, 3.05) is 31.0 Å². The van der Waals surface area contributed by atoms with Crippen LogP contribution in [0.3, 0.4) is 0 Å². The molecule has 1 heterocycles. The van der Waals surface area contributed by atoms with Gasteiger partial charge in [0.25, 0.3) is 0 Å². The van der Waals surface area contributed by atoms with Gasteiger partial charge in [0.15, 0.2) is 29.0 Å². The number of Topliss-reactive ketones (excluding diaryl/α,β-unsaturated/α-hetero) is 1. The Labute approximate surface area is 184 Å². The largest absolute Gasteiger partial charge is 0.488 e. The first kappa shape index (κ1) is 22.8. The number of nitrogens with one attached hydrogen (secondary N) is 2. The Morgan fingerprint density at radius 2 is 1.75 bits per heavy atom. The maximum absolute atomic E-state index is 14.2. The number of halogens is 2. The van der Waals surface area contributed by atoms with Crippen molar-refractivity contribution in [1.29, 1.82) is 0 Å². The molecule has 0 radical (unpaired) electrons. The van der Waals surface area contributed by atoms with Crippen LogP contribution >= 0.6 is 0 Å². The van der Waals surface area contributed by atoms with E-state index < -0.39 is 11.6 Å². The number of anilines is 4. The van der Waals surface area contributed by atoms with Crippen molar-refractivity contribution in [3.05, 3.63) is 78.0 Å². The first-order valence-electron chi connectivity index (χ1n) is 9.65. The van der Waals surface area contributed by atoms with Crippen LogP contribution in [0.5, 0.6) is 5.75 Å². The minimum Gasteiger partial charge on any atom is -0.488 e. The summed E-state index contributed by atoms with van der Waals surface area (Å²) in [7, 11) is 1.53. The third-order valence-corrected chi connectivity index (χ3v) is 4.27. The number of ketones is 1. The van der Waals surface area contributed by atoms with Gasteiger partial charge in [-0.05, 0) is 48.9 Å². The summed E-state index contributed by atoms with van der Waals surface area (Å²) in [6.45, 7) is 5.82. The first-order chi connectivity index (χ1) is 15.4. The maximum atomic E-state index is 14.2. The molecule has 1 aromatic heterocycles. The highest BCUT2D eigenvalue weighted by molar-refractivity contribution is 6.08. The lowest BCUT2D eigenvalue weighted by Crippen LogP contribution is -2.06. The zero-order valence-corrected chi connectivity index (χ0v) is 17.6. The monoisotopic (exact) mass is 440 g/mol. The Kier molecular flexibility index (Phi) is 7.45. The fourth-order valence-corrected chi connectivity index (χ4v) is 2.66. The second kappa shape index (κ2) is 10.5. The van der Waals surface area contributed by atoms with Gasteiger partial charge in [-0.1, -0.05) is 6.58 Å². The van der Waals surface area contributed by atoms with Crippen LogP contribution in [0.25, 0.3) is 0 Å². The third kappa shape index (κ3) is 5.86. The quantitative estimate of drug-likeness (QED) is 0.260. The summed E-state index contributed by atoms with van der Waals surface area (Å²) in [5.74, 6) is -1.35. The van der Waals surface area contributed by atoms with Gasteiger partial charge in [-0.3, -0.25) is 4.79 Å². The number of aromatic nitrogens is 2. The summed E-state index contributed by atoms with van der Waals surface area (Å²) in [5, 5.41) is 5.66. The third-order valence-electron chi connectivity index (χ3n) is 4.27. The highest BCUT2D eigenvalue weighted by atomic mass is 19.1. The lowest BCUT2D eigenvalue weighted by molar-refractivity contribution is 0.103. The average molecular weight is 440 g/mol. The molecule has 0 atom stereocenters. The molecule has 0 saturated heterocycles. The summed E-state index contributed by atoms with van der Waals surface area (Å²) in [6.07, 6.45) is 0.995. The predicted molar refractivity (Wildman–Crippen MR) is 118 cm³/mol. The van der Waals surface area contributed by atoms with Gasteiger partial charge in [-0.2, -0.15) is 4.98 Å². The van der Waals surface area contributed by atoms with Crippen LogP contribution in [-0.2, 0) is 4.74 Å². The van der Waals surface area contributed by atoms with Crippen molar-refractivity contribution < 1.29 is 23.0 Å². The van der Waals surface area contributed by atoms with Crippen LogP contribution in [-0.4, -0.2) is 36.1 Å². The maximum Gasteiger partial charge on any atom is 0.229 e. The predicted octanol–water partition coefficient (Wildman–Crippen LogP) is 5.03. The SMILES string of the molecule is C=C(C)C(=O)c1ccc(Nc2nc(Nc3ccc(OCCOC)c(F)c3)ncc2F)cc1. The molecule has 0 saturated carbocycles. The summed E-state index contributed by atoms with van der Waals surface area (Å²) in [4.78, 5) is 19.9. The van der Waals surface area contributed by atoms with Crippen molar-refractivity contribution in [3.63, 3.8) is 0 Å². The molecule has 0 amide bonds.